The first kappa shape index (κ1) is 27.6. The number of para-hydroxylation sites is 2. The van der Waals surface area contributed by atoms with Crippen molar-refractivity contribution in [2.45, 2.75) is 26.5 Å². The Labute approximate surface area is 243 Å². The van der Waals surface area contributed by atoms with E-state index in [4.69, 9.17) is 14.2 Å². The number of ether oxygens (including phenoxy) is 3. The van der Waals surface area contributed by atoms with Crippen LogP contribution in [0.5, 0.6) is 11.5 Å². The Morgan fingerprint density at radius 3 is 2.48 bits per heavy atom. The molecule has 0 spiro atoms. The van der Waals surface area contributed by atoms with E-state index in [-0.39, 0.29) is 12.2 Å². The van der Waals surface area contributed by atoms with Crippen LogP contribution in [0.3, 0.4) is 0 Å². The van der Waals surface area contributed by atoms with Gasteiger partial charge in [0.05, 0.1) is 29.5 Å². The maximum absolute atomic E-state index is 14.0. The molecule has 0 fully saturated rings. The molecule has 2 heterocycles. The van der Waals surface area contributed by atoms with E-state index in [1.165, 1.54) is 11.3 Å². The van der Waals surface area contributed by atoms with Crippen LogP contribution in [0, 0.1) is 0 Å². The lowest BCUT2D eigenvalue weighted by Crippen LogP contribution is -2.40. The van der Waals surface area contributed by atoms with Crippen molar-refractivity contribution in [1.82, 2.24) is 4.57 Å². The number of rotatable bonds is 8. The van der Waals surface area contributed by atoms with Crippen molar-refractivity contribution < 1.29 is 19.0 Å². The number of halogens is 1. The summed E-state index contributed by atoms with van der Waals surface area (Å²) in [4.78, 5) is 32.3. The molecule has 9 heteroatoms. The maximum Gasteiger partial charge on any atom is 0.338 e. The van der Waals surface area contributed by atoms with Crippen molar-refractivity contribution >= 4 is 39.3 Å². The van der Waals surface area contributed by atoms with E-state index in [1.807, 2.05) is 78.9 Å². The first-order valence-electron chi connectivity index (χ1n) is 12.7. The third-order valence-corrected chi connectivity index (χ3v) is 7.98. The Morgan fingerprint density at radius 1 is 1.05 bits per heavy atom. The summed E-state index contributed by atoms with van der Waals surface area (Å²) in [5.74, 6) is 0.701. The van der Waals surface area contributed by atoms with Crippen LogP contribution in [0.2, 0.25) is 0 Å². The summed E-state index contributed by atoms with van der Waals surface area (Å²) in [6.45, 7) is 4.10. The van der Waals surface area contributed by atoms with E-state index in [2.05, 4.69) is 20.9 Å². The summed E-state index contributed by atoms with van der Waals surface area (Å²) in [5.41, 5.74) is 3.00. The molecule has 0 saturated carbocycles. The Hall–Kier alpha value is -3.95. The van der Waals surface area contributed by atoms with Gasteiger partial charge in [0, 0.05) is 15.6 Å². The Morgan fingerprint density at radius 2 is 1.75 bits per heavy atom. The molecule has 0 saturated heterocycles. The number of methoxy groups -OCH3 is 1. The molecular formula is C31H27BrN2O5S. The molecule has 40 heavy (non-hydrogen) atoms. The number of nitrogens with zero attached hydrogens (tertiary/aromatic N) is 2. The highest BCUT2D eigenvalue weighted by atomic mass is 79.9. The van der Waals surface area contributed by atoms with Gasteiger partial charge in [0.25, 0.3) is 5.56 Å². The van der Waals surface area contributed by atoms with Gasteiger partial charge in [-0.15, -0.1) is 0 Å². The van der Waals surface area contributed by atoms with Crippen LogP contribution in [-0.4, -0.2) is 24.3 Å². The highest BCUT2D eigenvalue weighted by Gasteiger charge is 2.34. The summed E-state index contributed by atoms with van der Waals surface area (Å²) in [6, 6.07) is 22.1. The smallest absolute Gasteiger partial charge is 0.338 e. The third kappa shape index (κ3) is 5.52. The molecule has 1 atom stereocenters. The molecule has 0 aliphatic carbocycles. The number of fused-ring (bicyclic) bond motifs is 1. The van der Waals surface area contributed by atoms with Gasteiger partial charge in [-0.2, -0.15) is 0 Å². The molecule has 5 rings (SSSR count). The van der Waals surface area contributed by atoms with E-state index in [9.17, 15) is 9.59 Å². The molecular weight excluding hydrogens is 592 g/mol. The van der Waals surface area contributed by atoms with Gasteiger partial charge in [0.15, 0.2) is 4.80 Å². The zero-order chi connectivity index (χ0) is 28.2. The molecule has 1 aromatic heterocycles. The van der Waals surface area contributed by atoms with Gasteiger partial charge in [-0.25, -0.2) is 9.79 Å². The molecule has 0 amide bonds. The van der Waals surface area contributed by atoms with Crippen molar-refractivity contribution in [3.05, 3.63) is 125 Å². The number of esters is 1. The van der Waals surface area contributed by atoms with E-state index < -0.39 is 12.0 Å². The van der Waals surface area contributed by atoms with Crippen LogP contribution in [0.15, 0.2) is 98.3 Å². The molecule has 1 aliphatic rings. The highest BCUT2D eigenvalue weighted by Crippen LogP contribution is 2.35. The zero-order valence-electron chi connectivity index (χ0n) is 22.2. The number of benzene rings is 3. The van der Waals surface area contributed by atoms with Crippen LogP contribution < -0.4 is 24.4 Å². The van der Waals surface area contributed by atoms with E-state index in [0.717, 1.165) is 15.6 Å². The second-order valence-corrected chi connectivity index (χ2v) is 10.9. The van der Waals surface area contributed by atoms with Gasteiger partial charge in [0.2, 0.25) is 0 Å². The number of carbonyl (C=O) groups is 1. The van der Waals surface area contributed by atoms with Gasteiger partial charge in [-0.3, -0.25) is 9.36 Å². The van der Waals surface area contributed by atoms with Crippen LogP contribution >= 0.6 is 27.3 Å². The van der Waals surface area contributed by atoms with Gasteiger partial charge in [-0.1, -0.05) is 75.8 Å². The largest absolute Gasteiger partial charge is 0.496 e. The fourth-order valence-electron chi connectivity index (χ4n) is 4.59. The summed E-state index contributed by atoms with van der Waals surface area (Å²) < 4.78 is 20.2. The lowest BCUT2D eigenvalue weighted by atomic mass is 9.95. The van der Waals surface area contributed by atoms with Crippen molar-refractivity contribution in [1.29, 1.82) is 0 Å². The summed E-state index contributed by atoms with van der Waals surface area (Å²) in [6.07, 6.45) is 1.81. The lowest BCUT2D eigenvalue weighted by molar-refractivity contribution is -0.139. The first-order chi connectivity index (χ1) is 19.4. The highest BCUT2D eigenvalue weighted by molar-refractivity contribution is 9.10. The normalized spacial score (nSPS) is 14.9. The average molecular weight is 620 g/mol. The van der Waals surface area contributed by atoms with Gasteiger partial charge >= 0.3 is 5.97 Å². The summed E-state index contributed by atoms with van der Waals surface area (Å²) in [7, 11) is 1.56. The van der Waals surface area contributed by atoms with E-state index in [1.54, 1.807) is 25.5 Å². The number of aromatic nitrogens is 1. The standard InChI is InChI=1S/C31H27BrN2O5S/c1-4-38-30(36)27-19(2)33-31-34(28(27)23-10-6-8-12-25(23)37-3)29(35)26(40-31)17-21-9-5-7-11-24(21)39-18-20-13-15-22(32)16-14-20/h5-17,28H,4,18H2,1-3H3/b26-17-/t28-/m1/s1. The molecule has 0 unspecified atom stereocenters. The predicted octanol–water partition coefficient (Wildman–Crippen LogP) is 5.15. The van der Waals surface area contributed by atoms with Gasteiger partial charge in [-0.05, 0) is 49.8 Å². The van der Waals surface area contributed by atoms with Crippen molar-refractivity contribution in [3.63, 3.8) is 0 Å². The van der Waals surface area contributed by atoms with E-state index in [0.29, 0.717) is 44.3 Å². The third-order valence-electron chi connectivity index (χ3n) is 6.46. The minimum Gasteiger partial charge on any atom is -0.496 e. The van der Waals surface area contributed by atoms with Gasteiger partial charge in [0.1, 0.15) is 24.1 Å². The monoisotopic (exact) mass is 618 g/mol. The molecule has 4 aromatic rings. The molecule has 204 valence electrons. The minimum absolute atomic E-state index is 0.204. The molecule has 0 bridgehead atoms. The number of carbonyl (C=O) groups excluding carboxylic acids is 1. The number of thiazole rings is 1. The number of hydrogen-bond donors (Lipinski definition) is 0. The predicted molar refractivity (Wildman–Crippen MR) is 158 cm³/mol. The average Bonchev–Trinajstić information content (AvgIpc) is 3.26. The summed E-state index contributed by atoms with van der Waals surface area (Å²) >= 11 is 4.72. The Balaban J connectivity index is 1.61. The summed E-state index contributed by atoms with van der Waals surface area (Å²) in [5, 5.41) is 0. The van der Waals surface area contributed by atoms with Crippen molar-refractivity contribution in [2.24, 2.45) is 4.99 Å². The molecule has 3 aromatic carbocycles. The quantitative estimate of drug-likeness (QED) is 0.255. The van der Waals surface area contributed by atoms with Crippen LogP contribution in [-0.2, 0) is 16.1 Å². The van der Waals surface area contributed by atoms with Crippen molar-refractivity contribution in [3.8, 4) is 11.5 Å². The lowest BCUT2D eigenvalue weighted by Gasteiger charge is -2.25. The fourth-order valence-corrected chi connectivity index (χ4v) is 5.89. The van der Waals surface area contributed by atoms with Crippen LogP contribution in [0.4, 0.5) is 0 Å². The minimum atomic E-state index is -0.752. The van der Waals surface area contributed by atoms with Gasteiger partial charge < -0.3 is 14.2 Å². The second kappa shape index (κ2) is 12.1. The van der Waals surface area contributed by atoms with Crippen LogP contribution in [0.25, 0.3) is 6.08 Å². The van der Waals surface area contributed by atoms with Crippen molar-refractivity contribution in [2.75, 3.05) is 13.7 Å². The topological polar surface area (TPSA) is 79.1 Å². The fraction of sp³-hybridized carbons (Fsp3) is 0.194. The Kier molecular flexibility index (Phi) is 8.32. The first-order valence-corrected chi connectivity index (χ1v) is 14.3. The molecule has 0 radical (unpaired) electrons. The number of allylic oxidation sites excluding steroid dienone is 1. The van der Waals surface area contributed by atoms with E-state index >= 15 is 0 Å². The molecule has 0 N–H and O–H groups in total. The zero-order valence-corrected chi connectivity index (χ0v) is 24.6. The second-order valence-electron chi connectivity index (χ2n) is 9.00. The van der Waals surface area contributed by atoms with Crippen LogP contribution in [0.1, 0.15) is 36.6 Å². The molecule has 7 nitrogen and oxygen atoms in total. The number of hydrogen-bond acceptors (Lipinski definition) is 7. The SMILES string of the molecule is CCOC(=O)C1=C(C)N=c2s/c(=C\c3ccccc3OCc3ccc(Br)cc3)c(=O)n2[C@@H]1c1ccccc1OC. The Bertz CT molecular complexity index is 1770. The maximum atomic E-state index is 14.0. The molecule has 1 aliphatic heterocycles.